The Balaban J connectivity index is -0.000000295. The predicted molar refractivity (Wildman–Crippen MR) is 49.3 cm³/mol. The van der Waals surface area contributed by atoms with Gasteiger partial charge in [0.2, 0.25) is 0 Å². The number of carbonyl (C=O) groups is 4. The number of carboxylic acids is 4. The van der Waals surface area contributed by atoms with E-state index in [9.17, 15) is 29.4 Å². The molecule has 0 fully saturated rings. The number of carbonyl (C=O) groups excluding carboxylic acids is 2. The first-order valence-corrected chi connectivity index (χ1v) is 4.53. The van der Waals surface area contributed by atoms with E-state index in [1.54, 1.807) is 0 Å². The van der Waals surface area contributed by atoms with E-state index >= 15 is 0 Å². The number of hydrogen-bond acceptors (Lipinski definition) is 10. The van der Waals surface area contributed by atoms with Crippen LogP contribution in [-0.4, -0.2) is 78.9 Å². The van der Waals surface area contributed by atoms with Gasteiger partial charge < -0.3 is 50.4 Å². The maximum atomic E-state index is 9.77. The molecule has 0 bridgehead atoms. The summed E-state index contributed by atoms with van der Waals surface area (Å²) >= 11 is 0. The molecule has 0 aromatic rings. The van der Waals surface area contributed by atoms with E-state index < -0.39 is 48.3 Å². The molecule has 0 aliphatic heterocycles. The van der Waals surface area contributed by atoms with Crippen molar-refractivity contribution in [2.24, 2.45) is 0 Å². The minimum Gasteiger partial charge on any atom is -0.547 e. The van der Waals surface area contributed by atoms with Crippen LogP contribution in [0.4, 0.5) is 0 Å². The fourth-order valence-electron chi connectivity index (χ4n) is 0.528. The summed E-state index contributed by atoms with van der Waals surface area (Å²) in [6.07, 6.45) is -9.41. The van der Waals surface area contributed by atoms with Crippen LogP contribution in [-0.2, 0) is 41.6 Å². The molecular weight excluding hydrogens is 396 g/mol. The van der Waals surface area contributed by atoms with Gasteiger partial charge in [-0.25, -0.2) is 9.59 Å². The van der Waals surface area contributed by atoms with Gasteiger partial charge >= 0.3 is 11.9 Å². The van der Waals surface area contributed by atoms with Crippen molar-refractivity contribution >= 4 is 23.9 Å². The van der Waals surface area contributed by atoms with Crippen molar-refractivity contribution in [2.75, 3.05) is 0 Å². The van der Waals surface area contributed by atoms with Crippen molar-refractivity contribution in [3.05, 3.63) is 0 Å². The molecule has 0 aliphatic rings. The molecule has 0 amide bonds. The second-order valence-corrected chi connectivity index (χ2v) is 3.09. The van der Waals surface area contributed by atoms with Crippen LogP contribution < -0.4 is 10.2 Å². The van der Waals surface area contributed by atoms with Gasteiger partial charge in [0.25, 0.3) is 0 Å². The normalized spacial score (nSPS) is 15.0. The van der Waals surface area contributed by atoms with Gasteiger partial charge in [0.1, 0.15) is 12.2 Å². The van der Waals surface area contributed by atoms with Gasteiger partial charge in [0.15, 0.2) is 12.2 Å². The van der Waals surface area contributed by atoms with Gasteiger partial charge in [-0.3, -0.25) is 0 Å². The minimum absolute atomic E-state index is 0. The molecular formula is C8H10AgO12-2. The fourth-order valence-corrected chi connectivity index (χ4v) is 0.528. The summed E-state index contributed by atoms with van der Waals surface area (Å²) in [6.45, 7) is 0. The molecule has 0 saturated carbocycles. The fraction of sp³-hybridized carbons (Fsp3) is 0.500. The summed E-state index contributed by atoms with van der Waals surface area (Å²) in [7, 11) is 0. The third-order valence-corrected chi connectivity index (χ3v) is 1.59. The number of carboxylic acid groups (broad SMARTS) is 4. The summed E-state index contributed by atoms with van der Waals surface area (Å²) in [6, 6.07) is 0. The molecule has 0 aliphatic carbocycles. The molecule has 21 heavy (non-hydrogen) atoms. The van der Waals surface area contributed by atoms with Crippen molar-refractivity contribution in [1.29, 1.82) is 0 Å². The van der Waals surface area contributed by atoms with Crippen molar-refractivity contribution in [3.8, 4) is 0 Å². The molecule has 0 aromatic heterocycles. The summed E-state index contributed by atoms with van der Waals surface area (Å²) < 4.78 is 0. The largest absolute Gasteiger partial charge is 0.547 e. The first-order valence-electron chi connectivity index (χ1n) is 4.53. The number of rotatable bonds is 6. The number of aliphatic hydroxyl groups is 4. The molecule has 6 N–H and O–H groups in total. The maximum absolute atomic E-state index is 9.77. The van der Waals surface area contributed by atoms with E-state index in [0.29, 0.717) is 0 Å². The van der Waals surface area contributed by atoms with Crippen molar-refractivity contribution in [1.82, 2.24) is 0 Å². The van der Waals surface area contributed by atoms with E-state index in [4.69, 9.17) is 30.6 Å². The molecule has 0 heterocycles. The molecule has 4 atom stereocenters. The molecule has 0 spiro atoms. The summed E-state index contributed by atoms with van der Waals surface area (Å²) in [4.78, 5) is 38.8. The minimum atomic E-state index is -2.44. The smallest absolute Gasteiger partial charge is 0.335 e. The average molecular weight is 406 g/mol. The summed E-state index contributed by atoms with van der Waals surface area (Å²) in [5.41, 5.74) is 0. The van der Waals surface area contributed by atoms with Gasteiger partial charge in [-0.05, 0) is 0 Å². The second kappa shape index (κ2) is 11.2. The van der Waals surface area contributed by atoms with Crippen LogP contribution >= 0.6 is 0 Å². The quantitative estimate of drug-likeness (QED) is 0.226. The van der Waals surface area contributed by atoms with Gasteiger partial charge in [-0.2, -0.15) is 0 Å². The van der Waals surface area contributed by atoms with Gasteiger partial charge in [0.05, 0.1) is 11.9 Å². The predicted octanol–water partition coefficient (Wildman–Crippen LogP) is -6.92. The topological polar surface area (TPSA) is 236 Å². The van der Waals surface area contributed by atoms with Crippen LogP contribution in [0.2, 0.25) is 0 Å². The number of aliphatic carboxylic acids is 4. The summed E-state index contributed by atoms with van der Waals surface area (Å²) in [5, 5.41) is 68.3. The molecule has 13 heteroatoms. The number of hydrogen-bond donors (Lipinski definition) is 6. The van der Waals surface area contributed by atoms with Gasteiger partial charge in [0, 0.05) is 22.4 Å². The zero-order valence-electron chi connectivity index (χ0n) is 9.74. The average Bonchev–Trinajstić information content (AvgIpc) is 2.35. The Kier molecular flexibility index (Phi) is 13.0. The van der Waals surface area contributed by atoms with E-state index in [0.717, 1.165) is 0 Å². The monoisotopic (exact) mass is 405 g/mol. The Hall–Kier alpha value is -1.54. The van der Waals surface area contributed by atoms with Crippen LogP contribution in [0.3, 0.4) is 0 Å². The van der Waals surface area contributed by atoms with E-state index in [1.165, 1.54) is 0 Å². The zero-order chi connectivity index (χ0) is 16.6. The van der Waals surface area contributed by atoms with E-state index in [-0.39, 0.29) is 22.4 Å². The Bertz CT molecular complexity index is 309. The molecule has 0 saturated heterocycles. The van der Waals surface area contributed by atoms with E-state index in [2.05, 4.69) is 0 Å². The SMILES string of the molecule is O=C(O)C(O)C(O)C(=O)O.O=C([O-])C(O)C(O)C(=O)[O-].[Ag]. The first kappa shape index (κ1) is 24.5. The van der Waals surface area contributed by atoms with Crippen LogP contribution in [0.25, 0.3) is 0 Å². The molecule has 4 unspecified atom stereocenters. The number of aliphatic hydroxyl groups excluding tert-OH is 4. The zero-order valence-corrected chi connectivity index (χ0v) is 11.2. The van der Waals surface area contributed by atoms with Gasteiger partial charge in [-0.15, -0.1) is 0 Å². The van der Waals surface area contributed by atoms with Gasteiger partial charge in [-0.1, -0.05) is 0 Å². The molecule has 12 nitrogen and oxygen atoms in total. The maximum Gasteiger partial charge on any atom is 0.335 e. The Morgan fingerprint density at radius 2 is 0.810 bits per heavy atom. The standard InChI is InChI=1S/2C4H6O6.Ag/c2*5-1(3(7)8)2(6)4(9)10;/h2*1-2,5-6H,(H,7,8)(H,9,10);/p-2. The van der Waals surface area contributed by atoms with Crippen LogP contribution in [0, 0.1) is 0 Å². The Labute approximate surface area is 131 Å². The molecule has 1 radical (unpaired) electrons. The summed E-state index contributed by atoms with van der Waals surface area (Å²) in [5.74, 6) is -7.65. The van der Waals surface area contributed by atoms with E-state index in [1.807, 2.05) is 0 Å². The Morgan fingerprint density at radius 3 is 0.905 bits per heavy atom. The first-order chi connectivity index (χ1) is 8.93. The van der Waals surface area contributed by atoms with Crippen LogP contribution in [0.15, 0.2) is 0 Å². The molecule has 0 rings (SSSR count). The van der Waals surface area contributed by atoms with Crippen molar-refractivity contribution in [2.45, 2.75) is 24.4 Å². The Morgan fingerprint density at radius 1 is 0.619 bits per heavy atom. The molecule has 0 aromatic carbocycles. The third kappa shape index (κ3) is 9.91. The molecule has 127 valence electrons. The second-order valence-electron chi connectivity index (χ2n) is 3.09. The van der Waals surface area contributed by atoms with Crippen LogP contribution in [0.5, 0.6) is 0 Å². The van der Waals surface area contributed by atoms with Crippen LogP contribution in [0.1, 0.15) is 0 Å². The van der Waals surface area contributed by atoms with Crippen molar-refractivity contribution in [3.63, 3.8) is 0 Å². The third-order valence-electron chi connectivity index (χ3n) is 1.59. The van der Waals surface area contributed by atoms with Crippen molar-refractivity contribution < 1.29 is 82.4 Å².